The van der Waals surface area contributed by atoms with Crippen LogP contribution in [-0.4, -0.2) is 36.7 Å². The van der Waals surface area contributed by atoms with Gasteiger partial charge in [0.15, 0.2) is 5.72 Å². The molecule has 1 N–H and O–H groups in total. The molecule has 28 heavy (non-hydrogen) atoms. The van der Waals surface area contributed by atoms with Crippen LogP contribution < -0.4 is 14.8 Å². The van der Waals surface area contributed by atoms with Crippen molar-refractivity contribution in [2.24, 2.45) is 0 Å². The molecule has 0 atom stereocenters. The van der Waals surface area contributed by atoms with Crippen molar-refractivity contribution in [3.63, 3.8) is 0 Å². The van der Waals surface area contributed by atoms with E-state index in [1.165, 1.54) is 0 Å². The average molecular weight is 378 g/mol. The molecule has 2 aromatic carbocycles. The van der Waals surface area contributed by atoms with Gasteiger partial charge < -0.3 is 19.2 Å². The van der Waals surface area contributed by atoms with Crippen molar-refractivity contribution in [3.05, 3.63) is 60.1 Å². The van der Waals surface area contributed by atoms with Crippen LogP contribution in [0.15, 0.2) is 53.1 Å². The number of fused-ring (bicyclic) bond motifs is 3. The molecular formula is C22H22N2O4. The van der Waals surface area contributed by atoms with E-state index >= 15 is 0 Å². The fraction of sp³-hybridized carbons (Fsp3) is 0.318. The largest absolute Gasteiger partial charge is 0.497 e. The summed E-state index contributed by atoms with van der Waals surface area (Å²) in [4.78, 5) is 15.2. The molecule has 6 nitrogen and oxygen atoms in total. The molecule has 5 rings (SSSR count). The number of nitrogens with zero attached hydrogens (tertiary/aromatic N) is 1. The summed E-state index contributed by atoms with van der Waals surface area (Å²) < 4.78 is 17.3. The Morgan fingerprint density at radius 1 is 1.18 bits per heavy atom. The first-order valence-corrected chi connectivity index (χ1v) is 9.53. The summed E-state index contributed by atoms with van der Waals surface area (Å²) in [6.45, 7) is 2.42. The van der Waals surface area contributed by atoms with E-state index < -0.39 is 5.72 Å². The Hall–Kier alpha value is -2.99. The van der Waals surface area contributed by atoms with Crippen molar-refractivity contribution in [1.29, 1.82) is 0 Å². The van der Waals surface area contributed by atoms with Crippen molar-refractivity contribution in [2.45, 2.75) is 25.1 Å². The second kappa shape index (κ2) is 6.56. The Bertz CT molecular complexity index is 1020. The van der Waals surface area contributed by atoms with Crippen molar-refractivity contribution in [2.75, 3.05) is 20.2 Å². The number of hydrogen-bond acceptors (Lipinski definition) is 5. The summed E-state index contributed by atoms with van der Waals surface area (Å²) in [6, 6.07) is 13.5. The summed E-state index contributed by atoms with van der Waals surface area (Å²) in [5.41, 5.74) is -0.0921. The molecular weight excluding hydrogens is 356 g/mol. The van der Waals surface area contributed by atoms with Gasteiger partial charge >= 0.3 is 0 Å². The molecule has 3 aromatic rings. The summed E-state index contributed by atoms with van der Waals surface area (Å²) in [5, 5.41) is 5.05. The highest BCUT2D eigenvalue weighted by Crippen LogP contribution is 2.39. The number of furan rings is 1. The zero-order valence-electron chi connectivity index (χ0n) is 15.7. The maximum Gasteiger partial charge on any atom is 0.258 e. The second-order valence-corrected chi connectivity index (χ2v) is 7.44. The number of rotatable bonds is 3. The SMILES string of the molecule is COc1ccc2ccc3c(c2c1)OC1(CCN(Cc2ccco2)CC1)NC3=O. The third-order valence-electron chi connectivity index (χ3n) is 5.69. The highest BCUT2D eigenvalue weighted by Gasteiger charge is 2.43. The van der Waals surface area contributed by atoms with Gasteiger partial charge in [0.25, 0.3) is 5.91 Å². The van der Waals surface area contributed by atoms with Gasteiger partial charge in [0.2, 0.25) is 0 Å². The minimum Gasteiger partial charge on any atom is -0.497 e. The van der Waals surface area contributed by atoms with Gasteiger partial charge in [-0.15, -0.1) is 0 Å². The van der Waals surface area contributed by atoms with Gasteiger partial charge in [0, 0.05) is 31.3 Å². The number of likely N-dealkylation sites (tertiary alicyclic amines) is 1. The predicted octanol–water partition coefficient (Wildman–Crippen LogP) is 3.56. The number of carbonyl (C=O) groups is 1. The van der Waals surface area contributed by atoms with Gasteiger partial charge in [-0.05, 0) is 35.7 Å². The molecule has 144 valence electrons. The predicted molar refractivity (Wildman–Crippen MR) is 105 cm³/mol. The summed E-state index contributed by atoms with van der Waals surface area (Å²) >= 11 is 0. The molecule has 2 aliphatic heterocycles. The van der Waals surface area contributed by atoms with Gasteiger partial charge in [0.05, 0.1) is 25.5 Å². The lowest BCUT2D eigenvalue weighted by Crippen LogP contribution is -2.60. The lowest BCUT2D eigenvalue weighted by Gasteiger charge is -2.44. The Labute approximate surface area is 163 Å². The van der Waals surface area contributed by atoms with Crippen LogP contribution in [0.2, 0.25) is 0 Å². The number of amides is 1. The van der Waals surface area contributed by atoms with Crippen LogP contribution in [0.3, 0.4) is 0 Å². The standard InChI is InChI=1S/C22H22N2O4/c1-26-16-6-4-15-5-7-18-20(19(15)13-16)28-22(23-21(18)25)8-10-24(11-9-22)14-17-3-2-12-27-17/h2-7,12-13H,8-11,14H2,1H3,(H,23,25). The summed E-state index contributed by atoms with van der Waals surface area (Å²) in [5.74, 6) is 2.27. The van der Waals surface area contributed by atoms with E-state index in [-0.39, 0.29) is 5.91 Å². The normalized spacial score (nSPS) is 18.5. The highest BCUT2D eigenvalue weighted by atomic mass is 16.5. The zero-order valence-corrected chi connectivity index (χ0v) is 15.7. The number of benzene rings is 2. The molecule has 1 saturated heterocycles. The number of methoxy groups -OCH3 is 1. The Balaban J connectivity index is 1.43. The number of hydrogen-bond donors (Lipinski definition) is 1. The lowest BCUT2D eigenvalue weighted by molar-refractivity contribution is -0.0303. The summed E-state index contributed by atoms with van der Waals surface area (Å²) in [7, 11) is 1.64. The molecule has 2 aliphatic rings. The topological polar surface area (TPSA) is 63.9 Å². The number of ether oxygens (including phenoxy) is 2. The van der Waals surface area contributed by atoms with E-state index in [4.69, 9.17) is 13.9 Å². The van der Waals surface area contributed by atoms with Gasteiger partial charge in [-0.25, -0.2) is 0 Å². The smallest absolute Gasteiger partial charge is 0.258 e. The monoisotopic (exact) mass is 378 g/mol. The maximum absolute atomic E-state index is 12.8. The van der Waals surface area contributed by atoms with Gasteiger partial charge in [-0.2, -0.15) is 0 Å². The van der Waals surface area contributed by atoms with Crippen LogP contribution in [0.4, 0.5) is 0 Å². The molecule has 3 heterocycles. The Morgan fingerprint density at radius 2 is 2.00 bits per heavy atom. The van der Waals surface area contributed by atoms with Crippen LogP contribution in [-0.2, 0) is 6.54 Å². The third kappa shape index (κ3) is 2.90. The number of piperidine rings is 1. The van der Waals surface area contributed by atoms with Crippen LogP contribution in [0.5, 0.6) is 11.5 Å². The molecule has 0 bridgehead atoms. The Morgan fingerprint density at radius 3 is 2.75 bits per heavy atom. The Kier molecular flexibility index (Phi) is 4.02. The average Bonchev–Trinajstić information content (AvgIpc) is 3.22. The molecule has 1 aromatic heterocycles. The fourth-order valence-corrected chi connectivity index (χ4v) is 4.10. The van der Waals surface area contributed by atoms with Crippen LogP contribution >= 0.6 is 0 Å². The van der Waals surface area contributed by atoms with E-state index in [9.17, 15) is 4.79 Å². The quantitative estimate of drug-likeness (QED) is 0.755. The van der Waals surface area contributed by atoms with Crippen molar-refractivity contribution in [1.82, 2.24) is 10.2 Å². The molecule has 0 saturated carbocycles. The maximum atomic E-state index is 12.8. The van der Waals surface area contributed by atoms with E-state index in [1.807, 2.05) is 42.5 Å². The van der Waals surface area contributed by atoms with Crippen molar-refractivity contribution < 1.29 is 18.7 Å². The zero-order chi connectivity index (χ0) is 19.1. The van der Waals surface area contributed by atoms with E-state index in [2.05, 4.69) is 10.2 Å². The van der Waals surface area contributed by atoms with E-state index in [0.717, 1.165) is 54.8 Å². The third-order valence-corrected chi connectivity index (χ3v) is 5.69. The molecule has 6 heteroatoms. The highest BCUT2D eigenvalue weighted by molar-refractivity contribution is 6.05. The first kappa shape index (κ1) is 17.1. The van der Waals surface area contributed by atoms with Crippen LogP contribution in [0.1, 0.15) is 29.0 Å². The fourth-order valence-electron chi connectivity index (χ4n) is 4.10. The van der Waals surface area contributed by atoms with E-state index in [1.54, 1.807) is 13.4 Å². The molecule has 0 unspecified atom stereocenters. The van der Waals surface area contributed by atoms with E-state index in [0.29, 0.717) is 11.3 Å². The molecule has 0 aliphatic carbocycles. The first-order valence-electron chi connectivity index (χ1n) is 9.53. The van der Waals surface area contributed by atoms with Gasteiger partial charge in [-0.1, -0.05) is 12.1 Å². The minimum absolute atomic E-state index is 0.0783. The van der Waals surface area contributed by atoms with Gasteiger partial charge in [-0.3, -0.25) is 9.69 Å². The van der Waals surface area contributed by atoms with Crippen molar-refractivity contribution >= 4 is 16.7 Å². The first-order chi connectivity index (χ1) is 13.7. The number of nitrogens with one attached hydrogen (secondary N) is 1. The van der Waals surface area contributed by atoms with Crippen molar-refractivity contribution in [3.8, 4) is 11.5 Å². The molecule has 1 spiro atoms. The second-order valence-electron chi connectivity index (χ2n) is 7.44. The van der Waals surface area contributed by atoms with Crippen LogP contribution in [0.25, 0.3) is 10.8 Å². The molecule has 1 amide bonds. The number of carbonyl (C=O) groups excluding carboxylic acids is 1. The molecule has 1 fully saturated rings. The minimum atomic E-state index is -0.666. The summed E-state index contributed by atoms with van der Waals surface area (Å²) in [6.07, 6.45) is 3.14. The lowest BCUT2D eigenvalue weighted by atomic mass is 9.95. The van der Waals surface area contributed by atoms with Gasteiger partial charge in [0.1, 0.15) is 17.3 Å². The van der Waals surface area contributed by atoms with Crippen LogP contribution in [0, 0.1) is 0 Å². The molecule has 0 radical (unpaired) electrons.